The van der Waals surface area contributed by atoms with Gasteiger partial charge in [-0.25, -0.2) is 0 Å². The van der Waals surface area contributed by atoms with Crippen LogP contribution >= 0.6 is 23.4 Å². The van der Waals surface area contributed by atoms with Crippen molar-refractivity contribution in [2.24, 2.45) is 0 Å². The number of halogens is 1. The Morgan fingerprint density at radius 2 is 1.67 bits per heavy atom. The van der Waals surface area contributed by atoms with Crippen molar-refractivity contribution in [2.75, 3.05) is 14.2 Å². The molecule has 0 aromatic heterocycles. The minimum absolute atomic E-state index is 0.00308. The largest absolute Gasteiger partial charge is 0.497 e. The molecular weight excluding hydrogens is 342 g/mol. The highest BCUT2D eigenvalue weighted by Gasteiger charge is 2.23. The molecule has 1 amide bonds. The van der Waals surface area contributed by atoms with Gasteiger partial charge in [-0.3, -0.25) is 4.79 Å². The van der Waals surface area contributed by atoms with Gasteiger partial charge in [0, 0.05) is 17.0 Å². The van der Waals surface area contributed by atoms with E-state index < -0.39 is 0 Å². The van der Waals surface area contributed by atoms with Crippen molar-refractivity contribution in [3.05, 3.63) is 59.1 Å². The lowest BCUT2D eigenvalue weighted by Gasteiger charge is -2.28. The fourth-order valence-electron chi connectivity index (χ4n) is 2.35. The summed E-state index contributed by atoms with van der Waals surface area (Å²) >= 11 is 7.44. The SMILES string of the molecule is COc1ccc(C(C)N(C)C(=O)C(C)Sc2ccc(Cl)cc2)cc1. The van der Waals surface area contributed by atoms with Crippen LogP contribution in [-0.4, -0.2) is 30.2 Å². The summed E-state index contributed by atoms with van der Waals surface area (Å²) < 4.78 is 5.18. The zero-order valence-electron chi connectivity index (χ0n) is 14.3. The average Bonchev–Trinajstić information content (AvgIpc) is 2.61. The van der Waals surface area contributed by atoms with Gasteiger partial charge in [0.15, 0.2) is 0 Å². The van der Waals surface area contributed by atoms with Gasteiger partial charge in [-0.15, -0.1) is 11.8 Å². The van der Waals surface area contributed by atoms with E-state index in [4.69, 9.17) is 16.3 Å². The molecule has 0 aliphatic carbocycles. The molecule has 2 aromatic rings. The fraction of sp³-hybridized carbons (Fsp3) is 0.316. The molecule has 2 unspecified atom stereocenters. The lowest BCUT2D eigenvalue weighted by atomic mass is 10.1. The normalized spacial score (nSPS) is 13.2. The molecule has 0 spiro atoms. The van der Waals surface area contributed by atoms with Gasteiger partial charge in [0.25, 0.3) is 0 Å². The quantitative estimate of drug-likeness (QED) is 0.672. The summed E-state index contributed by atoms with van der Waals surface area (Å²) in [5.74, 6) is 0.907. The van der Waals surface area contributed by atoms with Crippen LogP contribution in [0.2, 0.25) is 5.02 Å². The van der Waals surface area contributed by atoms with Crippen molar-refractivity contribution in [2.45, 2.75) is 30.0 Å². The molecule has 0 saturated heterocycles. The fourth-order valence-corrected chi connectivity index (χ4v) is 3.45. The summed E-state index contributed by atoms with van der Waals surface area (Å²) in [6.45, 7) is 3.96. The molecule has 0 radical (unpaired) electrons. The van der Waals surface area contributed by atoms with Crippen molar-refractivity contribution in [1.82, 2.24) is 4.90 Å². The number of carbonyl (C=O) groups is 1. The third kappa shape index (κ3) is 4.68. The molecule has 2 rings (SSSR count). The molecule has 24 heavy (non-hydrogen) atoms. The summed E-state index contributed by atoms with van der Waals surface area (Å²) in [6.07, 6.45) is 0. The van der Waals surface area contributed by atoms with E-state index in [2.05, 4.69) is 0 Å². The van der Waals surface area contributed by atoms with E-state index in [0.717, 1.165) is 16.2 Å². The third-order valence-electron chi connectivity index (χ3n) is 4.00. The van der Waals surface area contributed by atoms with E-state index in [1.54, 1.807) is 12.0 Å². The standard InChI is InChI=1S/C19H22ClNO2S/c1-13(15-5-9-17(23-4)10-6-15)21(3)19(22)14(2)24-18-11-7-16(20)8-12-18/h5-14H,1-4H3. The van der Waals surface area contributed by atoms with Gasteiger partial charge < -0.3 is 9.64 Å². The van der Waals surface area contributed by atoms with E-state index in [0.29, 0.717) is 5.02 Å². The first kappa shape index (κ1) is 18.7. The Hall–Kier alpha value is -1.65. The van der Waals surface area contributed by atoms with Crippen LogP contribution in [0.5, 0.6) is 5.75 Å². The van der Waals surface area contributed by atoms with E-state index >= 15 is 0 Å². The van der Waals surface area contributed by atoms with Gasteiger partial charge in [-0.2, -0.15) is 0 Å². The number of rotatable bonds is 6. The maximum absolute atomic E-state index is 12.7. The molecule has 0 heterocycles. The van der Waals surface area contributed by atoms with Gasteiger partial charge in [0.1, 0.15) is 5.75 Å². The van der Waals surface area contributed by atoms with Crippen LogP contribution in [0.4, 0.5) is 0 Å². The van der Waals surface area contributed by atoms with Crippen molar-refractivity contribution in [3.8, 4) is 5.75 Å². The lowest BCUT2D eigenvalue weighted by Crippen LogP contribution is -2.35. The second-order valence-corrected chi connectivity index (χ2v) is 7.46. The Balaban J connectivity index is 2.02. The highest BCUT2D eigenvalue weighted by molar-refractivity contribution is 8.00. The summed E-state index contributed by atoms with van der Waals surface area (Å²) in [7, 11) is 3.49. The number of hydrogen-bond acceptors (Lipinski definition) is 3. The second kappa shape index (κ2) is 8.45. The highest BCUT2D eigenvalue weighted by atomic mass is 35.5. The molecule has 3 nitrogen and oxygen atoms in total. The van der Waals surface area contributed by atoms with Crippen LogP contribution in [0.15, 0.2) is 53.4 Å². The Labute approximate surface area is 153 Å². The van der Waals surface area contributed by atoms with E-state index in [1.165, 1.54) is 11.8 Å². The highest BCUT2D eigenvalue weighted by Crippen LogP contribution is 2.28. The molecule has 0 aliphatic heterocycles. The predicted octanol–water partition coefficient (Wildman–Crippen LogP) is 5.05. The Morgan fingerprint density at radius 3 is 2.21 bits per heavy atom. The monoisotopic (exact) mass is 363 g/mol. The summed E-state index contributed by atoms with van der Waals surface area (Å²) in [4.78, 5) is 15.5. The zero-order valence-corrected chi connectivity index (χ0v) is 15.9. The number of methoxy groups -OCH3 is 1. The maximum atomic E-state index is 12.7. The first-order valence-electron chi connectivity index (χ1n) is 7.75. The van der Waals surface area contributed by atoms with Gasteiger partial charge in [-0.1, -0.05) is 23.7 Å². The van der Waals surface area contributed by atoms with Gasteiger partial charge in [0.05, 0.1) is 18.4 Å². The van der Waals surface area contributed by atoms with Crippen molar-refractivity contribution in [1.29, 1.82) is 0 Å². The van der Waals surface area contributed by atoms with Crippen LogP contribution in [-0.2, 0) is 4.79 Å². The molecule has 0 saturated carbocycles. The zero-order chi connectivity index (χ0) is 17.7. The molecule has 128 valence electrons. The topological polar surface area (TPSA) is 29.5 Å². The summed E-state index contributed by atoms with van der Waals surface area (Å²) in [5, 5.41) is 0.528. The number of amides is 1. The Bertz CT molecular complexity index is 673. The first-order valence-corrected chi connectivity index (χ1v) is 9.01. The molecule has 0 N–H and O–H groups in total. The number of benzene rings is 2. The molecule has 2 aromatic carbocycles. The van der Waals surface area contributed by atoms with E-state index in [-0.39, 0.29) is 17.2 Å². The number of thioether (sulfide) groups is 1. The molecule has 0 fully saturated rings. The molecule has 0 bridgehead atoms. The third-order valence-corrected chi connectivity index (χ3v) is 5.35. The van der Waals surface area contributed by atoms with Gasteiger partial charge in [-0.05, 0) is 55.8 Å². The molecule has 5 heteroatoms. The van der Waals surface area contributed by atoms with Crippen LogP contribution in [0.3, 0.4) is 0 Å². The second-order valence-electron chi connectivity index (χ2n) is 5.61. The maximum Gasteiger partial charge on any atom is 0.236 e. The number of hydrogen-bond donors (Lipinski definition) is 0. The molecular formula is C19H22ClNO2S. The van der Waals surface area contributed by atoms with Crippen LogP contribution in [0.1, 0.15) is 25.5 Å². The van der Waals surface area contributed by atoms with Crippen LogP contribution in [0.25, 0.3) is 0 Å². The number of nitrogens with zero attached hydrogens (tertiary/aromatic N) is 1. The van der Waals surface area contributed by atoms with Crippen LogP contribution in [0, 0.1) is 0 Å². The van der Waals surface area contributed by atoms with Gasteiger partial charge in [0.2, 0.25) is 5.91 Å². The van der Waals surface area contributed by atoms with E-state index in [9.17, 15) is 4.79 Å². The Morgan fingerprint density at radius 1 is 1.08 bits per heavy atom. The van der Waals surface area contributed by atoms with Crippen LogP contribution < -0.4 is 4.74 Å². The minimum Gasteiger partial charge on any atom is -0.497 e. The molecule has 0 aliphatic rings. The van der Waals surface area contributed by atoms with Gasteiger partial charge >= 0.3 is 0 Å². The van der Waals surface area contributed by atoms with Crippen molar-refractivity contribution < 1.29 is 9.53 Å². The minimum atomic E-state index is -0.170. The number of carbonyl (C=O) groups excluding carboxylic acids is 1. The smallest absolute Gasteiger partial charge is 0.236 e. The first-order chi connectivity index (χ1) is 11.4. The summed E-state index contributed by atoms with van der Waals surface area (Å²) in [5.41, 5.74) is 1.08. The summed E-state index contributed by atoms with van der Waals surface area (Å²) in [6, 6.07) is 15.3. The van der Waals surface area contributed by atoms with E-state index in [1.807, 2.05) is 69.4 Å². The van der Waals surface area contributed by atoms with Crippen molar-refractivity contribution in [3.63, 3.8) is 0 Å². The van der Waals surface area contributed by atoms with Crippen molar-refractivity contribution >= 4 is 29.3 Å². The average molecular weight is 364 g/mol. The Kier molecular flexibility index (Phi) is 6.58. The predicted molar refractivity (Wildman–Crippen MR) is 101 cm³/mol. The number of ether oxygens (including phenoxy) is 1. The lowest BCUT2D eigenvalue weighted by molar-refractivity contribution is -0.130. The molecule has 2 atom stereocenters.